The second kappa shape index (κ2) is 10.3. The first-order chi connectivity index (χ1) is 11.6. The summed E-state index contributed by atoms with van der Waals surface area (Å²) in [6.45, 7) is 2.20. The summed E-state index contributed by atoms with van der Waals surface area (Å²) in [5, 5.41) is 2.54. The van der Waals surface area contributed by atoms with Crippen LogP contribution in [-0.2, 0) is 32.1 Å². The van der Waals surface area contributed by atoms with Crippen LogP contribution in [0.1, 0.15) is 36.0 Å². The summed E-state index contributed by atoms with van der Waals surface area (Å²) < 4.78 is 0. The van der Waals surface area contributed by atoms with Crippen LogP contribution in [0, 0.1) is 6.92 Å². The molecule has 130 valence electrons. The van der Waals surface area contributed by atoms with E-state index in [1.807, 2.05) is 25.1 Å². The summed E-state index contributed by atoms with van der Waals surface area (Å²) in [5.41, 5.74) is 2.92. The van der Waals surface area contributed by atoms with Crippen molar-refractivity contribution in [2.24, 2.45) is 0 Å². The molecule has 6 heteroatoms. The van der Waals surface area contributed by atoms with Gasteiger partial charge in [-0.3, -0.25) is 9.59 Å². The van der Waals surface area contributed by atoms with Gasteiger partial charge in [-0.25, -0.2) is 0 Å². The zero-order valence-electron chi connectivity index (χ0n) is 14.2. The minimum absolute atomic E-state index is 0.203. The van der Waals surface area contributed by atoms with Gasteiger partial charge in [-0.2, -0.15) is 0 Å². The van der Waals surface area contributed by atoms with Crippen LogP contribution in [0.25, 0.3) is 0 Å². The van der Waals surface area contributed by atoms with Crippen molar-refractivity contribution < 1.29 is 19.2 Å². The fraction of sp³-hybridized carbons (Fsp3) is 0.444. The molecule has 0 spiro atoms. The Labute approximate surface area is 142 Å². The van der Waals surface area contributed by atoms with Crippen LogP contribution in [0.5, 0.6) is 0 Å². The molecule has 24 heavy (non-hydrogen) atoms. The molecule has 0 saturated heterocycles. The third kappa shape index (κ3) is 5.30. The molecule has 0 heterocycles. The van der Waals surface area contributed by atoms with Crippen molar-refractivity contribution in [2.45, 2.75) is 45.2 Å². The van der Waals surface area contributed by atoms with Crippen molar-refractivity contribution in [2.75, 3.05) is 7.05 Å². The smallest absolute Gasteiger partial charge is 0.242 e. The van der Waals surface area contributed by atoms with Gasteiger partial charge in [-0.15, -0.1) is 0 Å². The van der Waals surface area contributed by atoms with E-state index >= 15 is 0 Å². The van der Waals surface area contributed by atoms with Gasteiger partial charge >= 0.3 is 0 Å². The Bertz CT molecular complexity index is 586. The topological polar surface area (TPSA) is 83.6 Å². The molecule has 0 aromatic heterocycles. The minimum atomic E-state index is -0.698. The van der Waals surface area contributed by atoms with Crippen molar-refractivity contribution in [3.8, 4) is 0 Å². The van der Waals surface area contributed by atoms with E-state index in [-0.39, 0.29) is 25.3 Å². The number of carbonyl (C=O) groups is 4. The first-order valence-corrected chi connectivity index (χ1v) is 7.96. The molecule has 0 radical (unpaired) electrons. The number of carbonyl (C=O) groups excluding carboxylic acids is 4. The van der Waals surface area contributed by atoms with Gasteiger partial charge in [0.2, 0.25) is 12.3 Å². The van der Waals surface area contributed by atoms with Crippen LogP contribution >= 0.6 is 0 Å². The van der Waals surface area contributed by atoms with Crippen LogP contribution in [0.4, 0.5) is 0 Å². The lowest BCUT2D eigenvalue weighted by Gasteiger charge is -2.28. The average molecular weight is 332 g/mol. The Morgan fingerprint density at radius 3 is 2.50 bits per heavy atom. The van der Waals surface area contributed by atoms with Gasteiger partial charge in [0.25, 0.3) is 0 Å². The predicted molar refractivity (Wildman–Crippen MR) is 90.3 cm³/mol. The number of benzene rings is 1. The van der Waals surface area contributed by atoms with E-state index in [0.29, 0.717) is 19.3 Å². The van der Waals surface area contributed by atoms with Crippen molar-refractivity contribution in [1.82, 2.24) is 10.2 Å². The highest BCUT2D eigenvalue weighted by Gasteiger charge is 2.24. The van der Waals surface area contributed by atoms with E-state index in [1.165, 1.54) is 11.9 Å². The number of rotatable bonds is 11. The lowest BCUT2D eigenvalue weighted by molar-refractivity contribution is -0.133. The molecule has 1 unspecified atom stereocenters. The van der Waals surface area contributed by atoms with Gasteiger partial charge in [0.15, 0.2) is 0 Å². The number of hydrogen-bond acceptors (Lipinski definition) is 4. The molecule has 1 aromatic carbocycles. The maximum absolute atomic E-state index is 12.1. The summed E-state index contributed by atoms with van der Waals surface area (Å²) in [6, 6.07) is 5.07. The van der Waals surface area contributed by atoms with E-state index in [1.54, 1.807) is 0 Å². The van der Waals surface area contributed by atoms with Crippen LogP contribution in [0.3, 0.4) is 0 Å². The fourth-order valence-electron chi connectivity index (χ4n) is 2.68. The van der Waals surface area contributed by atoms with Crippen molar-refractivity contribution in [1.29, 1.82) is 0 Å². The molecule has 0 aliphatic heterocycles. The Hall–Kier alpha value is -2.50. The maximum Gasteiger partial charge on any atom is 0.242 e. The highest BCUT2D eigenvalue weighted by Crippen LogP contribution is 2.20. The van der Waals surface area contributed by atoms with E-state index in [0.717, 1.165) is 29.3 Å². The zero-order chi connectivity index (χ0) is 17.9. The minimum Gasteiger partial charge on any atom is -0.357 e. The average Bonchev–Trinajstić information content (AvgIpc) is 2.60. The molecule has 0 saturated carbocycles. The maximum atomic E-state index is 12.1. The Kier molecular flexibility index (Phi) is 8.39. The summed E-state index contributed by atoms with van der Waals surface area (Å²) in [4.78, 5) is 46.4. The molecule has 0 fully saturated rings. The highest BCUT2D eigenvalue weighted by molar-refractivity contribution is 5.83. The summed E-state index contributed by atoms with van der Waals surface area (Å²) >= 11 is 0. The fourth-order valence-corrected chi connectivity index (χ4v) is 2.68. The van der Waals surface area contributed by atoms with Gasteiger partial charge in [0, 0.05) is 26.4 Å². The summed E-state index contributed by atoms with van der Waals surface area (Å²) in [5.74, 6) is -0.299. The SMILES string of the molecule is CNC(=O)C(CCC=O)N(C=O)Cc1c(C)cccc1CCC=O. The van der Waals surface area contributed by atoms with Gasteiger partial charge in [0.1, 0.15) is 18.6 Å². The van der Waals surface area contributed by atoms with Gasteiger partial charge in [0.05, 0.1) is 0 Å². The second-order valence-electron chi connectivity index (χ2n) is 5.57. The number of hydrogen-bond donors (Lipinski definition) is 1. The van der Waals surface area contributed by atoms with Gasteiger partial charge < -0.3 is 19.8 Å². The number of amides is 2. The number of nitrogens with zero attached hydrogens (tertiary/aromatic N) is 1. The van der Waals surface area contributed by atoms with Crippen LogP contribution < -0.4 is 5.32 Å². The van der Waals surface area contributed by atoms with E-state index in [2.05, 4.69) is 5.32 Å². The summed E-state index contributed by atoms with van der Waals surface area (Å²) in [6.07, 6.45) is 3.71. The number of likely N-dealkylation sites (N-methyl/N-ethyl adjacent to an activating group) is 1. The number of aldehydes is 2. The largest absolute Gasteiger partial charge is 0.357 e. The molecule has 1 N–H and O–H groups in total. The molecule has 6 nitrogen and oxygen atoms in total. The molecular formula is C18H24N2O4. The van der Waals surface area contributed by atoms with Crippen molar-refractivity contribution in [3.63, 3.8) is 0 Å². The van der Waals surface area contributed by atoms with Crippen LogP contribution in [0.2, 0.25) is 0 Å². The number of nitrogens with one attached hydrogen (secondary N) is 1. The van der Waals surface area contributed by atoms with E-state index in [9.17, 15) is 19.2 Å². The zero-order valence-corrected chi connectivity index (χ0v) is 14.2. The van der Waals surface area contributed by atoms with E-state index in [4.69, 9.17) is 0 Å². The first kappa shape index (κ1) is 19.5. The quantitative estimate of drug-likeness (QED) is 0.617. The Morgan fingerprint density at radius 1 is 1.21 bits per heavy atom. The first-order valence-electron chi connectivity index (χ1n) is 7.96. The van der Waals surface area contributed by atoms with Crippen LogP contribution in [-0.4, -0.2) is 42.9 Å². The predicted octanol–water partition coefficient (Wildman–Crippen LogP) is 1.18. The third-order valence-electron chi connectivity index (χ3n) is 4.02. The number of aryl methyl sites for hydroxylation is 2. The molecule has 1 atom stereocenters. The third-order valence-corrected chi connectivity index (χ3v) is 4.02. The second-order valence-corrected chi connectivity index (χ2v) is 5.57. The lowest BCUT2D eigenvalue weighted by atomic mass is 9.97. The molecule has 2 amide bonds. The molecular weight excluding hydrogens is 308 g/mol. The Balaban J connectivity index is 3.08. The van der Waals surface area contributed by atoms with Gasteiger partial charge in [-0.05, 0) is 36.5 Å². The molecule has 0 bridgehead atoms. The Morgan fingerprint density at radius 2 is 1.92 bits per heavy atom. The lowest BCUT2D eigenvalue weighted by Crippen LogP contribution is -2.45. The highest BCUT2D eigenvalue weighted by atomic mass is 16.2. The molecule has 1 aromatic rings. The van der Waals surface area contributed by atoms with Crippen LogP contribution in [0.15, 0.2) is 18.2 Å². The molecule has 1 rings (SSSR count). The van der Waals surface area contributed by atoms with Crippen molar-refractivity contribution >= 4 is 24.9 Å². The summed E-state index contributed by atoms with van der Waals surface area (Å²) in [7, 11) is 1.50. The molecule has 0 aliphatic carbocycles. The van der Waals surface area contributed by atoms with Gasteiger partial charge in [-0.1, -0.05) is 18.2 Å². The molecule has 0 aliphatic rings. The van der Waals surface area contributed by atoms with Crippen molar-refractivity contribution in [3.05, 3.63) is 34.9 Å². The monoisotopic (exact) mass is 332 g/mol. The normalized spacial score (nSPS) is 11.4. The standard InChI is InChI=1S/C18H24N2O4/c1-14-6-3-7-15(8-4-10-21)16(14)12-20(13-23)17(9-5-11-22)18(24)19-2/h3,6-7,10-11,13,17H,4-5,8-9,12H2,1-2H3,(H,19,24). The van der Waals surface area contributed by atoms with E-state index < -0.39 is 6.04 Å².